The molecule has 0 amide bonds. The normalized spacial score (nSPS) is 46.5. The highest BCUT2D eigenvalue weighted by atomic mass is 35.5. The molecule has 1 aliphatic carbocycles. The minimum Gasteiger partial charge on any atom is -0.393 e. The summed E-state index contributed by atoms with van der Waals surface area (Å²) in [5.41, 5.74) is 0.131. The maximum atomic E-state index is 9.14. The van der Waals surface area contributed by atoms with Gasteiger partial charge in [-0.2, -0.15) is 0 Å². The van der Waals surface area contributed by atoms with Crippen LogP contribution in [0.1, 0.15) is 19.8 Å². The van der Waals surface area contributed by atoms with Gasteiger partial charge in [-0.25, -0.2) is 0 Å². The number of hydrogen-bond donors (Lipinski definition) is 2. The molecule has 1 saturated heterocycles. The van der Waals surface area contributed by atoms with Crippen LogP contribution in [0.25, 0.3) is 0 Å². The number of aliphatic hydroxyl groups is 1. The number of rotatable bonds is 0. The predicted molar refractivity (Wildman–Crippen MR) is 48.6 cm³/mol. The van der Waals surface area contributed by atoms with E-state index < -0.39 is 0 Å². The lowest BCUT2D eigenvalue weighted by atomic mass is 9.74. The van der Waals surface area contributed by atoms with Gasteiger partial charge in [0.25, 0.3) is 0 Å². The monoisotopic (exact) mass is 193 g/mol. The highest BCUT2D eigenvalue weighted by molar-refractivity contribution is 5.85. The van der Waals surface area contributed by atoms with Crippen LogP contribution in [0.2, 0.25) is 0 Å². The van der Waals surface area contributed by atoms with Crippen LogP contribution in [0.15, 0.2) is 0 Å². The van der Waals surface area contributed by atoms with Gasteiger partial charge < -0.3 is 15.2 Å². The fourth-order valence-corrected chi connectivity index (χ4v) is 1.88. The smallest absolute Gasteiger partial charge is 0.0672 e. The molecule has 0 radical (unpaired) electrons. The molecule has 2 N–H and O–H groups in total. The van der Waals surface area contributed by atoms with Crippen LogP contribution >= 0.6 is 12.4 Å². The van der Waals surface area contributed by atoms with Crippen molar-refractivity contribution in [2.45, 2.75) is 37.5 Å². The second-order valence-electron chi connectivity index (χ2n) is 3.84. The van der Waals surface area contributed by atoms with Crippen molar-refractivity contribution in [2.75, 3.05) is 13.2 Å². The van der Waals surface area contributed by atoms with E-state index in [4.69, 9.17) is 9.84 Å². The number of morpholine rings is 1. The maximum absolute atomic E-state index is 9.14. The molecule has 1 saturated carbocycles. The largest absolute Gasteiger partial charge is 0.393 e. The molecular weight excluding hydrogens is 178 g/mol. The molecule has 4 heteroatoms. The third-order valence-corrected chi connectivity index (χ3v) is 2.66. The van der Waals surface area contributed by atoms with Gasteiger partial charge in [0, 0.05) is 12.1 Å². The van der Waals surface area contributed by atoms with Crippen LogP contribution in [0.4, 0.5) is 0 Å². The number of aliphatic hydroxyl groups excluding tert-OH is 1. The predicted octanol–water partition coefficient (Wildman–Crippen LogP) is 0.310. The van der Waals surface area contributed by atoms with Crippen molar-refractivity contribution in [3.8, 4) is 0 Å². The summed E-state index contributed by atoms with van der Waals surface area (Å²) in [6, 6.07) is 0. The van der Waals surface area contributed by atoms with E-state index in [0.29, 0.717) is 6.10 Å². The second-order valence-corrected chi connectivity index (χ2v) is 3.84. The Kier molecular flexibility index (Phi) is 2.99. The first-order chi connectivity index (χ1) is 5.20. The van der Waals surface area contributed by atoms with Crippen molar-refractivity contribution < 1.29 is 9.84 Å². The summed E-state index contributed by atoms with van der Waals surface area (Å²) in [6.07, 6.45) is 1.96. The Bertz CT molecular complexity index is 149. The third kappa shape index (κ3) is 1.74. The van der Waals surface area contributed by atoms with Crippen LogP contribution in [-0.2, 0) is 4.74 Å². The van der Waals surface area contributed by atoms with Crippen LogP contribution in [0.3, 0.4) is 0 Å². The van der Waals surface area contributed by atoms with Crippen LogP contribution in [0.5, 0.6) is 0 Å². The highest BCUT2D eigenvalue weighted by Gasteiger charge is 2.45. The summed E-state index contributed by atoms with van der Waals surface area (Å²) in [5.74, 6) is 0. The Morgan fingerprint density at radius 3 is 2.58 bits per heavy atom. The number of ether oxygens (including phenoxy) is 1. The van der Waals surface area contributed by atoms with Crippen molar-refractivity contribution in [1.29, 1.82) is 0 Å². The van der Waals surface area contributed by atoms with E-state index >= 15 is 0 Å². The maximum Gasteiger partial charge on any atom is 0.0672 e. The first-order valence-electron chi connectivity index (χ1n) is 4.25. The number of halogens is 1. The Morgan fingerprint density at radius 2 is 2.17 bits per heavy atom. The van der Waals surface area contributed by atoms with Gasteiger partial charge >= 0.3 is 0 Å². The first-order valence-corrected chi connectivity index (χ1v) is 4.25. The molecule has 0 aromatic carbocycles. The molecular formula is C8H16ClNO2. The summed E-state index contributed by atoms with van der Waals surface area (Å²) in [5, 5.41) is 12.6. The van der Waals surface area contributed by atoms with Gasteiger partial charge in [0.15, 0.2) is 0 Å². The molecule has 72 valence electrons. The minimum absolute atomic E-state index is 0. The lowest BCUT2D eigenvalue weighted by Crippen LogP contribution is -2.65. The molecule has 0 aromatic heterocycles. The zero-order chi connectivity index (χ0) is 7.90. The average Bonchev–Trinajstić information content (AvgIpc) is 1.92. The fraction of sp³-hybridized carbons (Fsp3) is 1.00. The van der Waals surface area contributed by atoms with E-state index in [1.807, 2.05) is 0 Å². The average molecular weight is 194 g/mol. The van der Waals surface area contributed by atoms with Crippen molar-refractivity contribution in [3.63, 3.8) is 0 Å². The quantitative estimate of drug-likeness (QED) is 0.582. The van der Waals surface area contributed by atoms with E-state index in [-0.39, 0.29) is 24.0 Å². The SMILES string of the molecule is C[C@H]1CNC2(CO1)CC(O)C2.Cl. The molecule has 1 heterocycles. The summed E-state index contributed by atoms with van der Waals surface area (Å²) in [6.45, 7) is 3.76. The van der Waals surface area contributed by atoms with Gasteiger partial charge in [0.05, 0.1) is 18.8 Å². The molecule has 3 nitrogen and oxygen atoms in total. The molecule has 2 rings (SSSR count). The van der Waals surface area contributed by atoms with Gasteiger partial charge in [0.1, 0.15) is 0 Å². The van der Waals surface area contributed by atoms with Gasteiger partial charge in [-0.15, -0.1) is 12.4 Å². The number of nitrogens with one attached hydrogen (secondary N) is 1. The van der Waals surface area contributed by atoms with E-state index in [9.17, 15) is 0 Å². The molecule has 2 aliphatic rings. The highest BCUT2D eigenvalue weighted by Crippen LogP contribution is 2.34. The van der Waals surface area contributed by atoms with Gasteiger partial charge in [-0.1, -0.05) is 0 Å². The molecule has 1 spiro atoms. The number of hydrogen-bond acceptors (Lipinski definition) is 3. The van der Waals surface area contributed by atoms with Crippen LogP contribution < -0.4 is 5.32 Å². The topological polar surface area (TPSA) is 41.5 Å². The van der Waals surface area contributed by atoms with Gasteiger partial charge in [-0.05, 0) is 19.8 Å². The second kappa shape index (κ2) is 3.50. The zero-order valence-corrected chi connectivity index (χ0v) is 8.06. The van der Waals surface area contributed by atoms with E-state index in [1.165, 1.54) is 0 Å². The van der Waals surface area contributed by atoms with Crippen molar-refractivity contribution in [1.82, 2.24) is 5.32 Å². The molecule has 12 heavy (non-hydrogen) atoms. The van der Waals surface area contributed by atoms with Crippen LogP contribution in [-0.4, -0.2) is 36.0 Å². The Labute approximate surface area is 78.9 Å². The van der Waals surface area contributed by atoms with Crippen molar-refractivity contribution >= 4 is 12.4 Å². The van der Waals surface area contributed by atoms with E-state index in [1.54, 1.807) is 0 Å². The zero-order valence-electron chi connectivity index (χ0n) is 7.25. The Morgan fingerprint density at radius 1 is 1.50 bits per heavy atom. The molecule has 1 atom stereocenters. The summed E-state index contributed by atoms with van der Waals surface area (Å²) >= 11 is 0. The first kappa shape index (κ1) is 10.3. The molecule has 2 fully saturated rings. The lowest BCUT2D eigenvalue weighted by Gasteiger charge is -2.49. The summed E-state index contributed by atoms with van der Waals surface area (Å²) < 4.78 is 5.51. The van der Waals surface area contributed by atoms with Crippen molar-refractivity contribution in [2.24, 2.45) is 0 Å². The third-order valence-electron chi connectivity index (χ3n) is 2.66. The fourth-order valence-electron chi connectivity index (χ4n) is 1.88. The van der Waals surface area contributed by atoms with E-state index in [0.717, 1.165) is 26.0 Å². The Balaban J connectivity index is 0.000000720. The molecule has 0 bridgehead atoms. The Hall–Kier alpha value is 0.170. The molecule has 1 aliphatic heterocycles. The minimum atomic E-state index is -0.0977. The molecule has 0 aromatic rings. The standard InChI is InChI=1S/C8H15NO2.ClH/c1-6-4-9-8(5-11-6)2-7(10)3-8;/h6-7,9-10H,2-5H2,1H3;1H/t6-,7?,8?;/m0./s1. The lowest BCUT2D eigenvalue weighted by molar-refractivity contribution is -0.0977. The molecule has 0 unspecified atom stereocenters. The van der Waals surface area contributed by atoms with Crippen LogP contribution in [0, 0.1) is 0 Å². The van der Waals surface area contributed by atoms with Gasteiger partial charge in [-0.3, -0.25) is 0 Å². The van der Waals surface area contributed by atoms with Gasteiger partial charge in [0.2, 0.25) is 0 Å². The summed E-state index contributed by atoms with van der Waals surface area (Å²) in [4.78, 5) is 0. The van der Waals surface area contributed by atoms with E-state index in [2.05, 4.69) is 12.2 Å². The van der Waals surface area contributed by atoms with Crippen molar-refractivity contribution in [3.05, 3.63) is 0 Å². The summed E-state index contributed by atoms with van der Waals surface area (Å²) in [7, 11) is 0.